The quantitative estimate of drug-likeness (QED) is 0.678. The van der Waals surface area contributed by atoms with Crippen molar-refractivity contribution in [1.82, 2.24) is 25.5 Å². The lowest BCUT2D eigenvalue weighted by Gasteiger charge is -2.36. The maximum atomic E-state index is 12.5. The van der Waals surface area contributed by atoms with E-state index in [1.54, 1.807) is 18.1 Å². The van der Waals surface area contributed by atoms with Crippen LogP contribution in [0.2, 0.25) is 0 Å². The predicted octanol–water partition coefficient (Wildman–Crippen LogP) is 2.22. The molecule has 8 heteroatoms. The van der Waals surface area contributed by atoms with Gasteiger partial charge in [0.15, 0.2) is 11.5 Å². The summed E-state index contributed by atoms with van der Waals surface area (Å²) in [6.07, 6.45) is 7.68. The standard InChI is InChI=1S/C19H27N5O3/c1-26-16-7-3-4-8-17(16)27-12-11-20-18(25)13-19(9-5-2-6-10-19)14-24-15-21-22-23-24/h3-4,7-8,15H,2,5-6,9-14H2,1H3,(H,20,25). The molecule has 146 valence electrons. The largest absolute Gasteiger partial charge is 0.493 e. The van der Waals surface area contributed by atoms with Crippen molar-refractivity contribution in [2.75, 3.05) is 20.3 Å². The number of amides is 1. The summed E-state index contributed by atoms with van der Waals surface area (Å²) in [6, 6.07) is 7.48. The van der Waals surface area contributed by atoms with Crippen LogP contribution in [-0.2, 0) is 11.3 Å². The molecule has 0 bridgehead atoms. The van der Waals surface area contributed by atoms with Gasteiger partial charge in [0.1, 0.15) is 12.9 Å². The van der Waals surface area contributed by atoms with Gasteiger partial charge in [-0.15, -0.1) is 5.10 Å². The highest BCUT2D eigenvalue weighted by Gasteiger charge is 2.35. The smallest absolute Gasteiger partial charge is 0.220 e. The molecule has 0 spiro atoms. The van der Waals surface area contributed by atoms with Crippen molar-refractivity contribution < 1.29 is 14.3 Å². The topological polar surface area (TPSA) is 91.2 Å². The highest BCUT2D eigenvalue weighted by molar-refractivity contribution is 5.76. The number of hydrogen-bond acceptors (Lipinski definition) is 6. The summed E-state index contributed by atoms with van der Waals surface area (Å²) < 4.78 is 12.7. The normalized spacial score (nSPS) is 15.9. The minimum absolute atomic E-state index is 0.0496. The van der Waals surface area contributed by atoms with Gasteiger partial charge in [-0.05, 0) is 40.8 Å². The Hall–Kier alpha value is -2.64. The Morgan fingerprint density at radius 2 is 2.00 bits per heavy atom. The second-order valence-electron chi connectivity index (χ2n) is 7.09. The van der Waals surface area contributed by atoms with Crippen molar-refractivity contribution in [2.24, 2.45) is 5.41 Å². The third-order valence-corrected chi connectivity index (χ3v) is 5.09. The van der Waals surface area contributed by atoms with Crippen LogP contribution < -0.4 is 14.8 Å². The Balaban J connectivity index is 1.48. The third kappa shape index (κ3) is 5.42. The molecule has 8 nitrogen and oxygen atoms in total. The zero-order chi connectivity index (χ0) is 19.0. The first-order valence-corrected chi connectivity index (χ1v) is 9.44. The minimum atomic E-state index is -0.0682. The van der Waals surface area contributed by atoms with Crippen molar-refractivity contribution in [3.05, 3.63) is 30.6 Å². The molecule has 1 amide bonds. The molecule has 1 aliphatic rings. The molecule has 1 fully saturated rings. The number of hydrogen-bond donors (Lipinski definition) is 1. The average molecular weight is 373 g/mol. The van der Waals surface area contributed by atoms with Gasteiger partial charge in [0.25, 0.3) is 0 Å². The van der Waals surface area contributed by atoms with E-state index in [1.807, 2.05) is 24.3 Å². The average Bonchev–Trinajstić information content (AvgIpc) is 3.19. The van der Waals surface area contributed by atoms with E-state index in [1.165, 1.54) is 6.42 Å². The van der Waals surface area contributed by atoms with Gasteiger partial charge in [0.05, 0.1) is 20.2 Å². The molecular weight excluding hydrogens is 346 g/mol. The van der Waals surface area contributed by atoms with Gasteiger partial charge in [-0.1, -0.05) is 31.4 Å². The zero-order valence-corrected chi connectivity index (χ0v) is 15.8. The van der Waals surface area contributed by atoms with E-state index in [4.69, 9.17) is 9.47 Å². The first kappa shape index (κ1) is 19.1. The second kappa shape index (κ2) is 9.34. The molecule has 2 aromatic rings. The Kier molecular flexibility index (Phi) is 6.62. The van der Waals surface area contributed by atoms with Gasteiger partial charge in [0, 0.05) is 6.42 Å². The minimum Gasteiger partial charge on any atom is -0.493 e. The van der Waals surface area contributed by atoms with Crippen molar-refractivity contribution in [3.63, 3.8) is 0 Å². The second-order valence-corrected chi connectivity index (χ2v) is 7.09. The van der Waals surface area contributed by atoms with E-state index in [0.717, 1.165) is 25.7 Å². The number of nitrogens with zero attached hydrogens (tertiary/aromatic N) is 4. The maximum absolute atomic E-state index is 12.5. The first-order chi connectivity index (χ1) is 13.2. The molecule has 0 saturated heterocycles. The summed E-state index contributed by atoms with van der Waals surface area (Å²) in [7, 11) is 1.61. The summed E-state index contributed by atoms with van der Waals surface area (Å²) in [6.45, 7) is 1.54. The molecule has 1 heterocycles. The molecule has 0 atom stereocenters. The van der Waals surface area contributed by atoms with Crippen LogP contribution in [0.15, 0.2) is 30.6 Å². The molecule has 1 N–H and O–H groups in total. The van der Waals surface area contributed by atoms with Crippen LogP contribution in [0, 0.1) is 5.41 Å². The number of methoxy groups -OCH3 is 1. The van der Waals surface area contributed by atoms with Crippen LogP contribution in [0.4, 0.5) is 0 Å². The number of para-hydroxylation sites is 2. The van der Waals surface area contributed by atoms with Crippen molar-refractivity contribution in [3.8, 4) is 11.5 Å². The highest BCUT2D eigenvalue weighted by atomic mass is 16.5. The fraction of sp³-hybridized carbons (Fsp3) is 0.579. The van der Waals surface area contributed by atoms with Gasteiger partial charge in [-0.2, -0.15) is 0 Å². The molecule has 1 aromatic heterocycles. The molecule has 0 unspecified atom stereocenters. The van der Waals surface area contributed by atoms with Gasteiger partial charge < -0.3 is 14.8 Å². The van der Waals surface area contributed by atoms with E-state index in [9.17, 15) is 4.79 Å². The Morgan fingerprint density at radius 3 is 2.70 bits per heavy atom. The van der Waals surface area contributed by atoms with E-state index in [-0.39, 0.29) is 11.3 Å². The van der Waals surface area contributed by atoms with E-state index in [0.29, 0.717) is 37.6 Å². The molecule has 1 aromatic carbocycles. The monoisotopic (exact) mass is 373 g/mol. The lowest BCUT2D eigenvalue weighted by atomic mass is 9.71. The lowest BCUT2D eigenvalue weighted by Crippen LogP contribution is -2.37. The van der Waals surface area contributed by atoms with Crippen molar-refractivity contribution in [1.29, 1.82) is 0 Å². The van der Waals surface area contributed by atoms with Gasteiger partial charge in [-0.3, -0.25) is 4.79 Å². The summed E-state index contributed by atoms with van der Waals surface area (Å²) in [5, 5.41) is 14.4. The molecular formula is C19H27N5O3. The van der Waals surface area contributed by atoms with Crippen LogP contribution in [0.1, 0.15) is 38.5 Å². The Labute approximate surface area is 159 Å². The lowest BCUT2D eigenvalue weighted by molar-refractivity contribution is -0.124. The molecule has 1 saturated carbocycles. The number of benzene rings is 1. The predicted molar refractivity (Wildman–Crippen MR) is 99.5 cm³/mol. The summed E-state index contributed by atoms with van der Waals surface area (Å²) in [5.41, 5.74) is -0.0682. The number of carbonyl (C=O) groups excluding carboxylic acids is 1. The number of aromatic nitrogens is 4. The summed E-state index contributed by atoms with van der Waals surface area (Å²) >= 11 is 0. The molecule has 0 aliphatic heterocycles. The van der Waals surface area contributed by atoms with E-state index >= 15 is 0 Å². The SMILES string of the molecule is COc1ccccc1OCCNC(=O)CC1(Cn2cnnn2)CCCCC1. The number of tetrazole rings is 1. The molecule has 27 heavy (non-hydrogen) atoms. The third-order valence-electron chi connectivity index (χ3n) is 5.09. The zero-order valence-electron chi connectivity index (χ0n) is 15.8. The fourth-order valence-corrected chi connectivity index (χ4v) is 3.78. The van der Waals surface area contributed by atoms with Crippen LogP contribution in [-0.4, -0.2) is 46.4 Å². The Morgan fingerprint density at radius 1 is 1.22 bits per heavy atom. The van der Waals surface area contributed by atoms with Crippen LogP contribution >= 0.6 is 0 Å². The number of carbonyl (C=O) groups is 1. The Bertz CT molecular complexity index is 714. The van der Waals surface area contributed by atoms with Gasteiger partial charge in [-0.25, -0.2) is 4.68 Å². The summed E-state index contributed by atoms with van der Waals surface area (Å²) in [4.78, 5) is 12.5. The van der Waals surface area contributed by atoms with Crippen LogP contribution in [0.5, 0.6) is 11.5 Å². The van der Waals surface area contributed by atoms with Gasteiger partial charge >= 0.3 is 0 Å². The number of ether oxygens (including phenoxy) is 2. The number of nitrogens with one attached hydrogen (secondary N) is 1. The van der Waals surface area contributed by atoms with E-state index < -0.39 is 0 Å². The van der Waals surface area contributed by atoms with Crippen LogP contribution in [0.3, 0.4) is 0 Å². The molecule has 1 aliphatic carbocycles. The first-order valence-electron chi connectivity index (χ1n) is 9.44. The van der Waals surface area contributed by atoms with Crippen molar-refractivity contribution >= 4 is 5.91 Å². The fourth-order valence-electron chi connectivity index (χ4n) is 3.78. The molecule has 0 radical (unpaired) electrons. The van der Waals surface area contributed by atoms with Gasteiger partial charge in [0.2, 0.25) is 5.91 Å². The van der Waals surface area contributed by atoms with Crippen molar-refractivity contribution in [2.45, 2.75) is 45.1 Å². The number of rotatable bonds is 9. The van der Waals surface area contributed by atoms with Crippen LogP contribution in [0.25, 0.3) is 0 Å². The highest BCUT2D eigenvalue weighted by Crippen LogP contribution is 2.40. The van der Waals surface area contributed by atoms with E-state index in [2.05, 4.69) is 20.8 Å². The molecule has 3 rings (SSSR count). The summed E-state index contributed by atoms with van der Waals surface area (Å²) in [5.74, 6) is 1.41. The maximum Gasteiger partial charge on any atom is 0.220 e.